The number of carbonyl (C=O) groups excluding carboxylic acids is 2. The summed E-state index contributed by atoms with van der Waals surface area (Å²) in [6.45, 7) is 3.29. The Morgan fingerprint density at radius 1 is 0.870 bits per heavy atom. The molecule has 3 aromatic carbocycles. The molecule has 3 aromatic rings. The lowest BCUT2D eigenvalue weighted by molar-refractivity contribution is -0.995. The van der Waals surface area contributed by atoms with E-state index in [-0.39, 0.29) is 29.4 Å². The second kappa shape index (κ2) is 16.2. The Labute approximate surface area is 322 Å². The molecule has 2 aliphatic heterocycles. The molecule has 8 rings (SSSR count). The van der Waals surface area contributed by atoms with Crippen LogP contribution in [0.3, 0.4) is 0 Å². The summed E-state index contributed by atoms with van der Waals surface area (Å²) in [6, 6.07) is 25.5. The number of hydrogen-bond donors (Lipinski definition) is 2. The van der Waals surface area contributed by atoms with E-state index < -0.39 is 12.0 Å². The third-order valence-corrected chi connectivity index (χ3v) is 13.9. The van der Waals surface area contributed by atoms with Crippen molar-refractivity contribution >= 4 is 11.9 Å². The molecule has 7 heteroatoms. The smallest absolute Gasteiger partial charge is 0.308 e. The van der Waals surface area contributed by atoms with Crippen molar-refractivity contribution in [3.8, 4) is 11.5 Å². The molecule has 3 fully saturated rings. The van der Waals surface area contributed by atoms with E-state index in [4.69, 9.17) is 9.47 Å². The van der Waals surface area contributed by atoms with Crippen LogP contribution in [-0.2, 0) is 34.3 Å². The summed E-state index contributed by atoms with van der Waals surface area (Å²) in [6.07, 6.45) is 17.0. The van der Waals surface area contributed by atoms with Gasteiger partial charge in [0, 0.05) is 37.2 Å². The molecule has 2 N–H and O–H groups in total. The maximum absolute atomic E-state index is 14.8. The molecule has 7 nitrogen and oxygen atoms in total. The Kier molecular flexibility index (Phi) is 11.2. The van der Waals surface area contributed by atoms with E-state index in [1.54, 1.807) is 0 Å². The van der Waals surface area contributed by atoms with Crippen molar-refractivity contribution in [3.63, 3.8) is 0 Å². The van der Waals surface area contributed by atoms with Crippen LogP contribution in [0.15, 0.2) is 72.8 Å². The van der Waals surface area contributed by atoms with Gasteiger partial charge in [0.1, 0.15) is 25.2 Å². The first kappa shape index (κ1) is 37.3. The summed E-state index contributed by atoms with van der Waals surface area (Å²) in [7, 11) is 0. The van der Waals surface area contributed by atoms with Crippen molar-refractivity contribution in [2.45, 2.75) is 140 Å². The number of piperidine rings is 1. The molecule has 2 bridgehead atoms. The highest BCUT2D eigenvalue weighted by molar-refractivity contribution is 5.78. The number of esters is 1. The fraction of sp³-hybridized carbons (Fsp3) is 0.574. The maximum Gasteiger partial charge on any atom is 0.308 e. The summed E-state index contributed by atoms with van der Waals surface area (Å²) in [5, 5.41) is 11.8. The molecular formula is C47H61N2O5+. The van der Waals surface area contributed by atoms with Crippen LogP contribution >= 0.6 is 0 Å². The van der Waals surface area contributed by atoms with Crippen molar-refractivity contribution in [3.05, 3.63) is 95.1 Å². The van der Waals surface area contributed by atoms with Crippen LogP contribution in [0.1, 0.15) is 119 Å². The Hall–Kier alpha value is -3.68. The van der Waals surface area contributed by atoms with Crippen LogP contribution in [0, 0.1) is 17.8 Å². The molecule has 288 valence electrons. The highest BCUT2D eigenvalue weighted by Gasteiger charge is 2.69. The Morgan fingerprint density at radius 3 is 2.30 bits per heavy atom. The highest BCUT2D eigenvalue weighted by Crippen LogP contribution is 2.65. The molecule has 2 saturated carbocycles. The Morgan fingerprint density at radius 2 is 1.57 bits per heavy atom. The average molecular weight is 734 g/mol. The van der Waals surface area contributed by atoms with Crippen molar-refractivity contribution in [1.29, 1.82) is 0 Å². The second-order valence-corrected chi connectivity index (χ2v) is 17.4. The number of amides is 1. The molecule has 1 spiro atoms. The zero-order valence-electron chi connectivity index (χ0n) is 32.4. The summed E-state index contributed by atoms with van der Waals surface area (Å²) < 4.78 is 13.1. The van der Waals surface area contributed by atoms with Gasteiger partial charge in [0.25, 0.3) is 5.91 Å². The van der Waals surface area contributed by atoms with E-state index in [0.29, 0.717) is 35.0 Å². The first-order chi connectivity index (χ1) is 26.4. The Balaban J connectivity index is 0.975. The number of likely N-dealkylation sites (tertiary alicyclic amines) is 1. The minimum atomic E-state index is -0.666. The summed E-state index contributed by atoms with van der Waals surface area (Å²) in [5.74, 6) is 1.61. The van der Waals surface area contributed by atoms with Crippen LogP contribution in [0.5, 0.6) is 11.5 Å². The highest BCUT2D eigenvalue weighted by atomic mass is 16.6. The summed E-state index contributed by atoms with van der Waals surface area (Å²) in [5.41, 5.74) is 8.87. The van der Waals surface area contributed by atoms with E-state index in [1.165, 1.54) is 67.7 Å². The van der Waals surface area contributed by atoms with Crippen LogP contribution in [0.25, 0.3) is 0 Å². The van der Waals surface area contributed by atoms with Crippen LogP contribution in [0.2, 0.25) is 0 Å². The second-order valence-electron chi connectivity index (χ2n) is 17.4. The maximum atomic E-state index is 14.8. The van der Waals surface area contributed by atoms with Gasteiger partial charge < -0.3 is 14.6 Å². The van der Waals surface area contributed by atoms with Gasteiger partial charge in [-0.3, -0.25) is 9.59 Å². The largest absolute Gasteiger partial charge is 0.485 e. The molecule has 3 unspecified atom stereocenters. The van der Waals surface area contributed by atoms with Crippen molar-refractivity contribution in [2.75, 3.05) is 13.1 Å². The fourth-order valence-corrected chi connectivity index (χ4v) is 11.2. The molecule has 54 heavy (non-hydrogen) atoms. The number of aliphatic hydroxyl groups excluding tert-OH is 1. The first-order valence-corrected chi connectivity index (χ1v) is 21.3. The number of unbranched alkanes of at least 4 members (excludes halogenated alkanes) is 5. The molecule has 7 atom stereocenters. The SMILES string of the molecule is CC(=O)Oc1ccc2c3c1O[C@H]1CCC[C@H]4[C@@H](C2)[N+](CC2CC2)(NC(=O)C(CCc2ccccc2)C(O)CCCCCCCCc2ccccc2)CC[C@]314. The number of carbonyl (C=O) groups is 2. The van der Waals surface area contributed by atoms with E-state index in [9.17, 15) is 14.7 Å². The van der Waals surface area contributed by atoms with E-state index in [0.717, 1.165) is 76.6 Å². The fourth-order valence-electron chi connectivity index (χ4n) is 11.2. The number of quaternary nitrogens is 1. The number of ether oxygens (including phenoxy) is 2. The van der Waals surface area contributed by atoms with Gasteiger partial charge in [0.15, 0.2) is 11.5 Å². The molecule has 0 aromatic heterocycles. The van der Waals surface area contributed by atoms with Crippen LogP contribution in [-0.4, -0.2) is 52.9 Å². The molecule has 0 radical (unpaired) electrons. The lowest BCUT2D eigenvalue weighted by Gasteiger charge is -2.61. The third-order valence-electron chi connectivity index (χ3n) is 13.9. The monoisotopic (exact) mass is 733 g/mol. The lowest BCUT2D eigenvalue weighted by Crippen LogP contribution is -2.77. The number of nitrogens with one attached hydrogen (secondary N) is 1. The number of hydrogen-bond acceptors (Lipinski definition) is 5. The van der Waals surface area contributed by atoms with Crippen molar-refractivity contribution in [1.82, 2.24) is 5.43 Å². The van der Waals surface area contributed by atoms with Crippen molar-refractivity contribution in [2.24, 2.45) is 17.8 Å². The minimum absolute atomic E-state index is 0.0302. The molecule has 1 saturated heterocycles. The van der Waals surface area contributed by atoms with E-state index >= 15 is 0 Å². The minimum Gasteiger partial charge on any atom is -0.485 e. The molecule has 5 aliphatic rings. The van der Waals surface area contributed by atoms with Gasteiger partial charge in [-0.15, -0.1) is 0 Å². The predicted molar refractivity (Wildman–Crippen MR) is 211 cm³/mol. The predicted octanol–water partition coefficient (Wildman–Crippen LogP) is 8.58. The van der Waals surface area contributed by atoms with E-state index in [1.807, 2.05) is 12.1 Å². The zero-order valence-corrected chi connectivity index (χ0v) is 32.4. The molecular weight excluding hydrogens is 673 g/mol. The normalized spacial score (nSPS) is 27.3. The van der Waals surface area contributed by atoms with Gasteiger partial charge in [-0.1, -0.05) is 98.8 Å². The number of nitrogens with zero attached hydrogens (tertiary/aromatic N) is 1. The Bertz CT molecular complexity index is 1760. The summed E-state index contributed by atoms with van der Waals surface area (Å²) >= 11 is 0. The van der Waals surface area contributed by atoms with E-state index in [2.05, 4.69) is 66.1 Å². The van der Waals surface area contributed by atoms with Gasteiger partial charge in [-0.25, -0.2) is 10.0 Å². The molecule has 2 heterocycles. The van der Waals surface area contributed by atoms with Crippen LogP contribution < -0.4 is 14.9 Å². The van der Waals surface area contributed by atoms with Crippen LogP contribution in [0.4, 0.5) is 0 Å². The average Bonchev–Trinajstić information content (AvgIpc) is 3.92. The van der Waals surface area contributed by atoms with Gasteiger partial charge in [0.2, 0.25) is 0 Å². The number of aryl methyl sites for hydroxylation is 2. The third kappa shape index (κ3) is 7.60. The van der Waals surface area contributed by atoms with Gasteiger partial charge in [-0.2, -0.15) is 0 Å². The number of benzene rings is 3. The van der Waals surface area contributed by atoms with Gasteiger partial charge >= 0.3 is 5.97 Å². The summed E-state index contributed by atoms with van der Waals surface area (Å²) in [4.78, 5) is 26.9. The van der Waals surface area contributed by atoms with Gasteiger partial charge in [-0.05, 0) is 87.0 Å². The molecule has 3 aliphatic carbocycles. The van der Waals surface area contributed by atoms with Gasteiger partial charge in [0.05, 0.1) is 17.4 Å². The molecule has 1 amide bonds. The number of rotatable bonds is 18. The lowest BCUT2D eigenvalue weighted by atomic mass is 9.51. The first-order valence-electron chi connectivity index (χ1n) is 21.3. The van der Waals surface area contributed by atoms with Crippen molar-refractivity contribution < 1.29 is 28.8 Å². The standard InChI is InChI=1S/C47H60N2O5/c1-33(50)53-42-28-26-37-31-40-39-20-14-22-43-47(39,44(37)45(42)54-43)29-30-49(40,32-36-23-24-36)48-46(52)38(27-25-35-18-11-7-12-19-35)41(51)21-13-5-3-2-4-8-15-34-16-9-6-10-17-34/h6-7,9-12,16-19,26,28,36,38-41,43,51H,2-5,8,13-15,20-25,27,29-32H2,1H3/p+1/t38?,39-,40+,41?,43-,47+,49?/m0/s1. The quantitative estimate of drug-likeness (QED) is 0.0593. The topological polar surface area (TPSA) is 84.9 Å². The number of aliphatic hydroxyl groups is 1. The zero-order chi connectivity index (χ0) is 37.1.